The molecule has 4 rings (SSSR count). The number of hydrogen-bond donors (Lipinski definition) is 1. The van der Waals surface area contributed by atoms with Crippen LogP contribution in [0.1, 0.15) is 17.1 Å². The predicted molar refractivity (Wildman–Crippen MR) is 121 cm³/mol. The van der Waals surface area contributed by atoms with Crippen molar-refractivity contribution in [2.45, 2.75) is 19.0 Å². The zero-order valence-corrected chi connectivity index (χ0v) is 18.0. The molecule has 2 heterocycles. The van der Waals surface area contributed by atoms with Crippen molar-refractivity contribution in [3.8, 4) is 17.1 Å². The van der Waals surface area contributed by atoms with Crippen molar-refractivity contribution in [2.75, 3.05) is 5.75 Å². The summed E-state index contributed by atoms with van der Waals surface area (Å²) in [4.78, 5) is 12.2. The van der Waals surface area contributed by atoms with Crippen LogP contribution in [0, 0.1) is 13.8 Å². The molecule has 1 amide bonds. The number of amides is 1. The molecule has 2 aromatic carbocycles. The summed E-state index contributed by atoms with van der Waals surface area (Å²) in [7, 11) is 0. The van der Waals surface area contributed by atoms with Crippen LogP contribution in [0.25, 0.3) is 17.1 Å². The van der Waals surface area contributed by atoms with E-state index in [-0.39, 0.29) is 11.7 Å². The molecule has 0 saturated carbocycles. The first-order valence-corrected chi connectivity index (χ1v) is 10.7. The first-order chi connectivity index (χ1) is 15.1. The molecule has 0 aliphatic rings. The molecule has 1 N–H and O–H groups in total. The number of benzene rings is 2. The fourth-order valence-corrected chi connectivity index (χ4v) is 3.66. The molecule has 0 atom stereocenters. The molecular formula is C23H21N5O2S. The third-order valence-corrected chi connectivity index (χ3v) is 5.36. The predicted octanol–water partition coefficient (Wildman–Crippen LogP) is 4.39. The lowest BCUT2D eigenvalue weighted by atomic mass is 10.1. The lowest BCUT2D eigenvalue weighted by molar-refractivity contribution is -0.118. The van der Waals surface area contributed by atoms with E-state index in [1.54, 1.807) is 6.07 Å². The van der Waals surface area contributed by atoms with Gasteiger partial charge in [-0.05, 0) is 38.1 Å². The molecule has 0 fully saturated rings. The Hall–Kier alpha value is -3.65. The number of aromatic nitrogens is 3. The van der Waals surface area contributed by atoms with Crippen molar-refractivity contribution in [1.82, 2.24) is 20.2 Å². The number of carbonyl (C=O) groups is 1. The van der Waals surface area contributed by atoms with Crippen molar-refractivity contribution in [2.24, 2.45) is 5.10 Å². The molecular weight excluding hydrogens is 410 g/mol. The Balaban J connectivity index is 1.50. The van der Waals surface area contributed by atoms with E-state index in [1.165, 1.54) is 23.5 Å². The van der Waals surface area contributed by atoms with Gasteiger partial charge in [-0.1, -0.05) is 59.8 Å². The molecule has 0 unspecified atom stereocenters. The summed E-state index contributed by atoms with van der Waals surface area (Å²) in [6.45, 7) is 3.89. The number of para-hydroxylation sites is 1. The van der Waals surface area contributed by atoms with Gasteiger partial charge in [0.1, 0.15) is 11.5 Å². The van der Waals surface area contributed by atoms with Gasteiger partial charge in [0.2, 0.25) is 0 Å². The summed E-state index contributed by atoms with van der Waals surface area (Å²) in [5, 5.41) is 13.3. The lowest BCUT2D eigenvalue weighted by Gasteiger charge is -2.10. The largest absolute Gasteiger partial charge is 0.460 e. The second kappa shape index (κ2) is 9.44. The van der Waals surface area contributed by atoms with Crippen LogP contribution in [0.2, 0.25) is 0 Å². The second-order valence-electron chi connectivity index (χ2n) is 6.87. The topological polar surface area (TPSA) is 85.3 Å². The summed E-state index contributed by atoms with van der Waals surface area (Å²) in [6, 6.07) is 21.6. The number of carbonyl (C=O) groups excluding carboxylic acids is 1. The van der Waals surface area contributed by atoms with Gasteiger partial charge >= 0.3 is 0 Å². The molecule has 8 heteroatoms. The van der Waals surface area contributed by atoms with Crippen LogP contribution in [0.5, 0.6) is 0 Å². The average Bonchev–Trinajstić information content (AvgIpc) is 3.39. The standard InChI is InChI=1S/C23H21N5O2S/c1-16-8-11-18(12-9-16)22-26-27-23(28(22)19-6-4-3-5-7-19)31-15-21(29)25-24-14-20-13-10-17(2)30-20/h3-14H,15H2,1-2H3,(H,25,29)/b24-14+. The number of hydrazone groups is 1. The maximum atomic E-state index is 12.2. The first kappa shape index (κ1) is 20.6. The number of rotatable bonds is 7. The van der Waals surface area contributed by atoms with Gasteiger partial charge in [-0.3, -0.25) is 9.36 Å². The number of nitrogens with one attached hydrogen (secondary N) is 1. The molecule has 31 heavy (non-hydrogen) atoms. The minimum Gasteiger partial charge on any atom is -0.460 e. The van der Waals surface area contributed by atoms with Crippen LogP contribution in [0.15, 0.2) is 81.4 Å². The minimum absolute atomic E-state index is 0.146. The van der Waals surface area contributed by atoms with E-state index in [4.69, 9.17) is 4.42 Å². The van der Waals surface area contributed by atoms with Crippen molar-refractivity contribution >= 4 is 23.9 Å². The highest BCUT2D eigenvalue weighted by atomic mass is 32.2. The Morgan fingerprint density at radius 3 is 2.55 bits per heavy atom. The van der Waals surface area contributed by atoms with Gasteiger partial charge in [-0.25, -0.2) is 5.43 Å². The Bertz CT molecular complexity index is 1200. The average molecular weight is 432 g/mol. The first-order valence-electron chi connectivity index (χ1n) is 9.69. The van der Waals surface area contributed by atoms with Crippen LogP contribution in [0.3, 0.4) is 0 Å². The lowest BCUT2D eigenvalue weighted by Crippen LogP contribution is -2.19. The summed E-state index contributed by atoms with van der Waals surface area (Å²) < 4.78 is 7.34. The Morgan fingerprint density at radius 1 is 1.06 bits per heavy atom. The Kier molecular flexibility index (Phi) is 6.28. The van der Waals surface area contributed by atoms with E-state index in [0.29, 0.717) is 10.9 Å². The monoisotopic (exact) mass is 431 g/mol. The van der Waals surface area contributed by atoms with E-state index < -0.39 is 0 Å². The summed E-state index contributed by atoms with van der Waals surface area (Å²) in [6.07, 6.45) is 1.47. The van der Waals surface area contributed by atoms with Crippen LogP contribution >= 0.6 is 11.8 Å². The molecule has 0 saturated heterocycles. The number of furan rings is 1. The molecule has 7 nitrogen and oxygen atoms in total. The third kappa shape index (κ3) is 5.10. The van der Waals surface area contributed by atoms with Crippen LogP contribution in [0.4, 0.5) is 0 Å². The van der Waals surface area contributed by atoms with Crippen molar-refractivity contribution in [1.29, 1.82) is 0 Å². The number of nitrogens with zero attached hydrogens (tertiary/aromatic N) is 4. The van der Waals surface area contributed by atoms with Gasteiger partial charge in [0, 0.05) is 11.3 Å². The van der Waals surface area contributed by atoms with Gasteiger partial charge in [0.05, 0.1) is 12.0 Å². The van der Waals surface area contributed by atoms with E-state index in [1.807, 2.05) is 79.1 Å². The van der Waals surface area contributed by atoms with Gasteiger partial charge in [-0.2, -0.15) is 5.10 Å². The maximum absolute atomic E-state index is 12.2. The summed E-state index contributed by atoms with van der Waals surface area (Å²) in [5.74, 6) is 1.99. The van der Waals surface area contributed by atoms with Crippen molar-refractivity contribution < 1.29 is 9.21 Å². The van der Waals surface area contributed by atoms with E-state index in [2.05, 4.69) is 20.7 Å². The van der Waals surface area contributed by atoms with Crippen LogP contribution < -0.4 is 5.43 Å². The quantitative estimate of drug-likeness (QED) is 0.267. The van der Waals surface area contributed by atoms with E-state index >= 15 is 0 Å². The third-order valence-electron chi connectivity index (χ3n) is 4.43. The molecule has 156 valence electrons. The highest BCUT2D eigenvalue weighted by Gasteiger charge is 2.17. The van der Waals surface area contributed by atoms with Crippen LogP contribution in [-0.2, 0) is 4.79 Å². The summed E-state index contributed by atoms with van der Waals surface area (Å²) >= 11 is 1.30. The molecule has 0 bridgehead atoms. The fourth-order valence-electron chi connectivity index (χ4n) is 2.92. The van der Waals surface area contributed by atoms with Crippen molar-refractivity contribution in [3.63, 3.8) is 0 Å². The van der Waals surface area contributed by atoms with Crippen molar-refractivity contribution in [3.05, 3.63) is 83.8 Å². The van der Waals surface area contributed by atoms with E-state index in [0.717, 1.165) is 22.8 Å². The molecule has 2 aromatic heterocycles. The van der Waals surface area contributed by atoms with Gasteiger partial charge in [-0.15, -0.1) is 10.2 Å². The molecule has 0 spiro atoms. The SMILES string of the molecule is Cc1ccc(-c2nnc(SCC(=O)N/N=C/c3ccc(C)o3)n2-c2ccccc2)cc1. The minimum atomic E-state index is -0.246. The zero-order valence-electron chi connectivity index (χ0n) is 17.1. The number of thioether (sulfide) groups is 1. The molecule has 0 aliphatic heterocycles. The fraction of sp³-hybridized carbons (Fsp3) is 0.130. The highest BCUT2D eigenvalue weighted by Crippen LogP contribution is 2.28. The Morgan fingerprint density at radius 2 is 1.84 bits per heavy atom. The normalized spacial score (nSPS) is 11.2. The van der Waals surface area contributed by atoms with Gasteiger partial charge in [0.15, 0.2) is 11.0 Å². The highest BCUT2D eigenvalue weighted by molar-refractivity contribution is 7.99. The Labute approximate surface area is 184 Å². The molecule has 0 radical (unpaired) electrons. The second-order valence-corrected chi connectivity index (χ2v) is 7.82. The van der Waals surface area contributed by atoms with Crippen LogP contribution in [-0.4, -0.2) is 32.6 Å². The van der Waals surface area contributed by atoms with Gasteiger partial charge in [0.25, 0.3) is 5.91 Å². The summed E-state index contributed by atoms with van der Waals surface area (Å²) in [5.41, 5.74) is 5.56. The molecule has 0 aliphatic carbocycles. The maximum Gasteiger partial charge on any atom is 0.250 e. The number of hydrogen-bond acceptors (Lipinski definition) is 6. The number of aryl methyl sites for hydroxylation is 2. The zero-order chi connectivity index (χ0) is 21.6. The van der Waals surface area contributed by atoms with Gasteiger partial charge < -0.3 is 4.42 Å². The molecule has 4 aromatic rings. The smallest absolute Gasteiger partial charge is 0.250 e. The van der Waals surface area contributed by atoms with E-state index in [9.17, 15) is 4.79 Å².